The molecule has 3 rings (SSSR count). The zero-order valence-corrected chi connectivity index (χ0v) is 12.8. The Morgan fingerprint density at radius 1 is 1.27 bits per heavy atom. The number of hydrogen-bond acceptors (Lipinski definition) is 5. The fraction of sp³-hybridized carbons (Fsp3) is 0.467. The van der Waals surface area contributed by atoms with Crippen LogP contribution in [-0.4, -0.2) is 39.3 Å². The molecule has 0 saturated carbocycles. The lowest BCUT2D eigenvalue weighted by Crippen LogP contribution is -2.40. The van der Waals surface area contributed by atoms with Crippen LogP contribution in [0.5, 0.6) is 5.75 Å². The van der Waals surface area contributed by atoms with Gasteiger partial charge in [-0.05, 0) is 40.5 Å². The molecule has 116 valence electrons. The van der Waals surface area contributed by atoms with Crippen LogP contribution in [0, 0.1) is 0 Å². The Hall–Kier alpha value is -2.44. The minimum Gasteiger partial charge on any atom is -0.484 e. The number of rotatable bonds is 4. The molecule has 0 N–H and O–H groups in total. The minimum atomic E-state index is -0.135. The predicted octanol–water partition coefficient (Wildman–Crippen LogP) is 1.61. The standard InChI is InChI=1S/C15H19N5O2/c1-11(2)12-4-6-13(7-5-12)22-10-14(21)19-8-3-9-20-15(19)16-17-18-20/h4-7,11H,3,8-10H2,1-2H3. The van der Waals surface area contributed by atoms with Gasteiger partial charge in [-0.1, -0.05) is 31.1 Å². The fourth-order valence-electron chi connectivity index (χ4n) is 2.42. The average molecular weight is 301 g/mol. The number of hydrogen-bond donors (Lipinski definition) is 0. The third kappa shape index (κ3) is 2.93. The minimum absolute atomic E-state index is 0.0200. The van der Waals surface area contributed by atoms with Crippen LogP contribution in [-0.2, 0) is 11.3 Å². The van der Waals surface area contributed by atoms with Crippen molar-refractivity contribution in [3.63, 3.8) is 0 Å². The van der Waals surface area contributed by atoms with Crippen LogP contribution in [0.25, 0.3) is 0 Å². The van der Waals surface area contributed by atoms with E-state index in [1.54, 1.807) is 9.58 Å². The summed E-state index contributed by atoms with van der Waals surface area (Å²) >= 11 is 0. The number of benzene rings is 1. The second kappa shape index (κ2) is 6.13. The summed E-state index contributed by atoms with van der Waals surface area (Å²) in [5.41, 5.74) is 1.24. The van der Waals surface area contributed by atoms with Crippen LogP contribution in [0.2, 0.25) is 0 Å². The summed E-state index contributed by atoms with van der Waals surface area (Å²) in [5, 5.41) is 11.4. The van der Waals surface area contributed by atoms with Gasteiger partial charge in [0.1, 0.15) is 5.75 Å². The van der Waals surface area contributed by atoms with E-state index in [0.29, 0.717) is 24.2 Å². The van der Waals surface area contributed by atoms with Gasteiger partial charge in [0.2, 0.25) is 0 Å². The van der Waals surface area contributed by atoms with Gasteiger partial charge in [-0.15, -0.1) is 0 Å². The Balaban J connectivity index is 1.61. The first-order chi connectivity index (χ1) is 10.6. The van der Waals surface area contributed by atoms with E-state index in [2.05, 4.69) is 29.4 Å². The summed E-state index contributed by atoms with van der Waals surface area (Å²) < 4.78 is 7.22. The normalized spacial score (nSPS) is 14.0. The van der Waals surface area contributed by atoms with Crippen molar-refractivity contribution < 1.29 is 9.53 Å². The van der Waals surface area contributed by atoms with Gasteiger partial charge in [0.15, 0.2) is 6.61 Å². The molecule has 0 aliphatic carbocycles. The lowest BCUT2D eigenvalue weighted by molar-refractivity contribution is -0.120. The SMILES string of the molecule is CC(C)c1ccc(OCC(=O)N2CCCn3nnnc32)cc1. The maximum absolute atomic E-state index is 12.3. The van der Waals surface area contributed by atoms with Crippen LogP contribution in [0.1, 0.15) is 31.7 Å². The van der Waals surface area contributed by atoms with E-state index in [1.165, 1.54) is 5.56 Å². The van der Waals surface area contributed by atoms with E-state index in [4.69, 9.17) is 4.74 Å². The quantitative estimate of drug-likeness (QED) is 0.858. The van der Waals surface area contributed by atoms with Crippen molar-refractivity contribution >= 4 is 11.9 Å². The van der Waals surface area contributed by atoms with Crippen LogP contribution >= 0.6 is 0 Å². The van der Waals surface area contributed by atoms with Gasteiger partial charge in [-0.25, -0.2) is 4.68 Å². The van der Waals surface area contributed by atoms with Crippen molar-refractivity contribution in [2.24, 2.45) is 0 Å². The van der Waals surface area contributed by atoms with E-state index >= 15 is 0 Å². The van der Waals surface area contributed by atoms with E-state index in [-0.39, 0.29) is 12.5 Å². The number of fused-ring (bicyclic) bond motifs is 1. The molecule has 1 aliphatic rings. The summed E-state index contributed by atoms with van der Waals surface area (Å²) in [6, 6.07) is 7.82. The molecule has 2 heterocycles. The maximum atomic E-state index is 12.3. The van der Waals surface area contributed by atoms with E-state index in [1.807, 2.05) is 24.3 Å². The van der Waals surface area contributed by atoms with Crippen molar-refractivity contribution in [1.29, 1.82) is 0 Å². The molecule has 1 aromatic carbocycles. The highest BCUT2D eigenvalue weighted by Crippen LogP contribution is 2.19. The lowest BCUT2D eigenvalue weighted by atomic mass is 10.0. The Bertz CT molecular complexity index is 650. The topological polar surface area (TPSA) is 73.1 Å². The predicted molar refractivity (Wildman–Crippen MR) is 80.8 cm³/mol. The first kappa shape index (κ1) is 14.5. The molecule has 22 heavy (non-hydrogen) atoms. The number of carbonyl (C=O) groups excluding carboxylic acids is 1. The summed E-state index contributed by atoms with van der Waals surface area (Å²) in [4.78, 5) is 13.9. The highest BCUT2D eigenvalue weighted by Gasteiger charge is 2.25. The van der Waals surface area contributed by atoms with Gasteiger partial charge in [-0.3, -0.25) is 9.69 Å². The Labute approximate surface area is 128 Å². The average Bonchev–Trinajstić information content (AvgIpc) is 3.01. The number of aromatic nitrogens is 4. The van der Waals surface area contributed by atoms with E-state index in [9.17, 15) is 4.79 Å². The second-order valence-electron chi connectivity index (χ2n) is 5.61. The van der Waals surface area contributed by atoms with E-state index in [0.717, 1.165) is 13.0 Å². The van der Waals surface area contributed by atoms with Crippen molar-refractivity contribution in [2.75, 3.05) is 18.1 Å². The zero-order chi connectivity index (χ0) is 15.5. The monoisotopic (exact) mass is 301 g/mol. The Morgan fingerprint density at radius 2 is 2.05 bits per heavy atom. The molecule has 1 aliphatic heterocycles. The largest absolute Gasteiger partial charge is 0.484 e. The molecule has 7 nitrogen and oxygen atoms in total. The third-order valence-electron chi connectivity index (χ3n) is 3.72. The third-order valence-corrected chi connectivity index (χ3v) is 3.72. The number of anilines is 1. The lowest BCUT2D eigenvalue weighted by Gasteiger charge is -2.25. The fourth-order valence-corrected chi connectivity index (χ4v) is 2.42. The molecule has 0 bridgehead atoms. The van der Waals surface area contributed by atoms with E-state index < -0.39 is 0 Å². The Kier molecular flexibility index (Phi) is 4.04. The first-order valence-corrected chi connectivity index (χ1v) is 7.44. The molecule has 1 amide bonds. The molecule has 0 atom stereocenters. The number of amides is 1. The molecule has 0 saturated heterocycles. The molecule has 2 aromatic rings. The summed E-state index contributed by atoms with van der Waals surface area (Å²) in [7, 11) is 0. The van der Waals surface area contributed by atoms with Crippen LogP contribution in [0.3, 0.4) is 0 Å². The van der Waals surface area contributed by atoms with Crippen molar-refractivity contribution in [3.8, 4) is 5.75 Å². The van der Waals surface area contributed by atoms with Crippen LogP contribution in [0.4, 0.5) is 5.95 Å². The van der Waals surface area contributed by atoms with Gasteiger partial charge in [-0.2, -0.15) is 0 Å². The Morgan fingerprint density at radius 3 is 2.77 bits per heavy atom. The number of nitrogens with zero attached hydrogens (tertiary/aromatic N) is 5. The number of ether oxygens (including phenoxy) is 1. The maximum Gasteiger partial charge on any atom is 0.267 e. The molecule has 0 fully saturated rings. The van der Waals surface area contributed by atoms with Gasteiger partial charge in [0, 0.05) is 13.1 Å². The summed E-state index contributed by atoms with van der Waals surface area (Å²) in [6.07, 6.45) is 0.840. The van der Waals surface area contributed by atoms with Gasteiger partial charge >= 0.3 is 0 Å². The molecule has 7 heteroatoms. The highest BCUT2D eigenvalue weighted by atomic mass is 16.5. The van der Waals surface area contributed by atoms with Crippen molar-refractivity contribution in [3.05, 3.63) is 29.8 Å². The molecule has 0 spiro atoms. The summed E-state index contributed by atoms with van der Waals surface area (Å²) in [6.45, 7) is 5.62. The number of tetrazole rings is 1. The van der Waals surface area contributed by atoms with Gasteiger partial charge < -0.3 is 4.74 Å². The van der Waals surface area contributed by atoms with Crippen LogP contribution in [0.15, 0.2) is 24.3 Å². The van der Waals surface area contributed by atoms with Crippen molar-refractivity contribution in [2.45, 2.75) is 32.7 Å². The smallest absolute Gasteiger partial charge is 0.267 e. The van der Waals surface area contributed by atoms with Gasteiger partial charge in [0.25, 0.3) is 11.9 Å². The zero-order valence-electron chi connectivity index (χ0n) is 12.8. The molecule has 0 unspecified atom stereocenters. The van der Waals surface area contributed by atoms with Crippen molar-refractivity contribution in [1.82, 2.24) is 20.2 Å². The van der Waals surface area contributed by atoms with Gasteiger partial charge in [0.05, 0.1) is 0 Å². The molecular weight excluding hydrogens is 282 g/mol. The first-order valence-electron chi connectivity index (χ1n) is 7.44. The highest BCUT2D eigenvalue weighted by molar-refractivity contribution is 5.92. The van der Waals surface area contributed by atoms with Crippen LogP contribution < -0.4 is 9.64 Å². The summed E-state index contributed by atoms with van der Waals surface area (Å²) in [5.74, 6) is 1.52. The number of aryl methyl sites for hydroxylation is 1. The molecule has 0 radical (unpaired) electrons. The molecule has 1 aromatic heterocycles. The second-order valence-corrected chi connectivity index (χ2v) is 5.61. The number of carbonyl (C=O) groups is 1. The molecular formula is C15H19N5O2.